The lowest BCUT2D eigenvalue weighted by Gasteiger charge is -2.30. The van der Waals surface area contributed by atoms with Crippen molar-refractivity contribution in [3.63, 3.8) is 0 Å². The first-order valence-electron chi connectivity index (χ1n) is 14.7. The maximum atomic E-state index is 12.0. The number of nitrogens with zero attached hydrogens (tertiary/aromatic N) is 6. The van der Waals surface area contributed by atoms with E-state index in [0.29, 0.717) is 42.8 Å². The second-order valence-corrected chi connectivity index (χ2v) is 12.2. The van der Waals surface area contributed by atoms with Gasteiger partial charge in [0.05, 0.1) is 25.0 Å². The molecule has 0 bridgehead atoms. The number of halogens is 3. The quantitative estimate of drug-likeness (QED) is 0.340. The predicted molar refractivity (Wildman–Crippen MR) is 157 cm³/mol. The van der Waals surface area contributed by atoms with Crippen LogP contribution in [0.3, 0.4) is 0 Å². The van der Waals surface area contributed by atoms with Crippen LogP contribution in [-0.2, 0) is 4.74 Å². The van der Waals surface area contributed by atoms with Crippen LogP contribution in [0.4, 0.5) is 29.9 Å². The number of alkyl carbamates (subject to hydrolysis) is 1. The van der Waals surface area contributed by atoms with Gasteiger partial charge in [-0.2, -0.15) is 4.98 Å². The van der Waals surface area contributed by atoms with E-state index in [4.69, 9.17) is 14.0 Å². The number of carbonyl (C=O) groups excluding carboxylic acids is 1. The summed E-state index contributed by atoms with van der Waals surface area (Å²) in [6.07, 6.45) is 5.87. The van der Waals surface area contributed by atoms with E-state index in [1.54, 1.807) is 12.4 Å². The Balaban J connectivity index is 0.000000421. The molecule has 11 nitrogen and oxygen atoms in total. The summed E-state index contributed by atoms with van der Waals surface area (Å²) >= 11 is 0. The van der Waals surface area contributed by atoms with Crippen LogP contribution < -0.4 is 19.9 Å². The van der Waals surface area contributed by atoms with E-state index in [9.17, 15) is 18.0 Å². The van der Waals surface area contributed by atoms with E-state index in [-0.39, 0.29) is 12.0 Å². The number of rotatable bonds is 7. The number of hydrogen-bond acceptors (Lipinski definition) is 10. The molecule has 1 amide bonds. The van der Waals surface area contributed by atoms with Crippen LogP contribution in [-0.4, -0.2) is 70.6 Å². The zero-order valence-electron chi connectivity index (χ0n) is 25.7. The summed E-state index contributed by atoms with van der Waals surface area (Å²) in [6, 6.07) is 2.72. The molecule has 2 aliphatic rings. The molecule has 2 aliphatic heterocycles. The molecule has 1 N–H and O–H groups in total. The minimum atomic E-state index is -1.16. The van der Waals surface area contributed by atoms with Gasteiger partial charge in [-0.05, 0) is 58.1 Å². The number of anilines is 2. The molecule has 0 aliphatic carbocycles. The molecule has 4 heterocycles. The molecule has 3 aromatic rings. The van der Waals surface area contributed by atoms with Gasteiger partial charge in [-0.15, -0.1) is 0 Å². The van der Waals surface area contributed by atoms with Crippen molar-refractivity contribution in [2.24, 2.45) is 5.92 Å². The van der Waals surface area contributed by atoms with E-state index in [1.807, 2.05) is 20.8 Å². The number of piperidine rings is 1. The minimum Gasteiger partial charge on any atom is -0.490 e. The van der Waals surface area contributed by atoms with Crippen molar-refractivity contribution < 1.29 is 32.0 Å². The second-order valence-electron chi connectivity index (χ2n) is 12.2. The fourth-order valence-corrected chi connectivity index (χ4v) is 4.65. The number of aromatic nitrogens is 4. The van der Waals surface area contributed by atoms with Crippen LogP contribution in [0.1, 0.15) is 65.6 Å². The summed E-state index contributed by atoms with van der Waals surface area (Å²) in [5, 5.41) is 6.98. The van der Waals surface area contributed by atoms with Crippen molar-refractivity contribution in [2.75, 3.05) is 42.6 Å². The molecule has 0 radical (unpaired) electrons. The molecule has 2 saturated heterocycles. The number of amides is 1. The van der Waals surface area contributed by atoms with Gasteiger partial charge in [0.1, 0.15) is 11.4 Å². The van der Waals surface area contributed by atoms with Gasteiger partial charge in [-0.1, -0.05) is 19.0 Å². The van der Waals surface area contributed by atoms with E-state index >= 15 is 0 Å². The molecule has 1 unspecified atom stereocenters. The van der Waals surface area contributed by atoms with Gasteiger partial charge in [-0.25, -0.2) is 27.9 Å². The highest BCUT2D eigenvalue weighted by atomic mass is 19.2. The summed E-state index contributed by atoms with van der Waals surface area (Å²) in [4.78, 5) is 29.7. The van der Waals surface area contributed by atoms with Crippen molar-refractivity contribution in [3.8, 4) is 5.75 Å². The Bertz CT molecular complexity index is 1360. The molecule has 2 aromatic heterocycles. The highest BCUT2D eigenvalue weighted by Gasteiger charge is 2.28. The van der Waals surface area contributed by atoms with E-state index in [1.165, 1.54) is 0 Å². The van der Waals surface area contributed by atoms with Gasteiger partial charge in [-0.3, -0.25) is 0 Å². The van der Waals surface area contributed by atoms with Gasteiger partial charge < -0.3 is 29.1 Å². The molecule has 44 heavy (non-hydrogen) atoms. The Morgan fingerprint density at radius 3 is 2.32 bits per heavy atom. The topological polar surface area (TPSA) is 119 Å². The Kier molecular flexibility index (Phi) is 10.9. The van der Waals surface area contributed by atoms with Gasteiger partial charge in [0.15, 0.2) is 23.2 Å². The first-order chi connectivity index (χ1) is 20.9. The first-order valence-corrected chi connectivity index (χ1v) is 14.7. The van der Waals surface area contributed by atoms with Crippen molar-refractivity contribution in [3.05, 3.63) is 53.9 Å². The molecule has 14 heteroatoms. The van der Waals surface area contributed by atoms with Crippen LogP contribution in [0.25, 0.3) is 0 Å². The molecular formula is C30H40F3N7O4. The molecule has 240 valence electrons. The molecule has 1 aromatic carbocycles. The molecule has 0 saturated carbocycles. The summed E-state index contributed by atoms with van der Waals surface area (Å²) in [5.74, 6) is -0.195. The van der Waals surface area contributed by atoms with E-state index in [0.717, 1.165) is 56.9 Å². The van der Waals surface area contributed by atoms with E-state index in [2.05, 4.69) is 49.1 Å². The van der Waals surface area contributed by atoms with Crippen molar-refractivity contribution in [1.82, 2.24) is 25.4 Å². The summed E-state index contributed by atoms with van der Waals surface area (Å²) in [7, 11) is 0. The smallest absolute Gasteiger partial charge is 0.407 e. The minimum absolute atomic E-state index is 0.0133. The Labute approximate surface area is 255 Å². The SMILES string of the molecule is CC(C)c1noc(N2CCC(COc3cnc(N4CCC(NC(=O)OC(C)(C)C)C4)nc3)CC2)n1.Fc1ccc(F)c(F)c1. The number of carbonyl (C=O) groups is 1. The van der Waals surface area contributed by atoms with Crippen LogP contribution >= 0.6 is 0 Å². The van der Waals surface area contributed by atoms with Crippen LogP contribution in [0.15, 0.2) is 35.1 Å². The van der Waals surface area contributed by atoms with E-state index < -0.39 is 29.1 Å². The highest BCUT2D eigenvalue weighted by Crippen LogP contribution is 2.25. The number of hydrogen-bond donors (Lipinski definition) is 1. The molecule has 1 atom stereocenters. The average Bonchev–Trinajstić information content (AvgIpc) is 3.65. The number of nitrogens with one attached hydrogen (secondary N) is 1. The van der Waals surface area contributed by atoms with Gasteiger partial charge >= 0.3 is 12.1 Å². The Morgan fingerprint density at radius 2 is 1.73 bits per heavy atom. The van der Waals surface area contributed by atoms with Gasteiger partial charge in [0.25, 0.3) is 0 Å². The molecular weight excluding hydrogens is 579 g/mol. The average molecular weight is 620 g/mol. The van der Waals surface area contributed by atoms with Gasteiger partial charge in [0, 0.05) is 38.2 Å². The highest BCUT2D eigenvalue weighted by molar-refractivity contribution is 5.68. The number of benzene rings is 1. The third-order valence-corrected chi connectivity index (χ3v) is 7.01. The zero-order valence-corrected chi connectivity index (χ0v) is 25.7. The lowest BCUT2D eigenvalue weighted by molar-refractivity contribution is 0.0509. The van der Waals surface area contributed by atoms with Crippen LogP contribution in [0.2, 0.25) is 0 Å². The predicted octanol–water partition coefficient (Wildman–Crippen LogP) is 5.49. The summed E-state index contributed by atoms with van der Waals surface area (Å²) in [6.45, 7) is 13.5. The summed E-state index contributed by atoms with van der Waals surface area (Å²) < 4.78 is 52.6. The molecule has 2 fully saturated rings. The number of ether oxygens (including phenoxy) is 2. The largest absolute Gasteiger partial charge is 0.490 e. The van der Waals surface area contributed by atoms with Crippen LogP contribution in [0, 0.1) is 23.4 Å². The standard InChI is InChI=1S/C24H37N7O4.C6H3F3/c1-16(2)20-28-22(35-29-20)30-9-6-17(7-10-30)15-33-19-12-25-21(26-13-19)31-11-8-18(14-31)27-23(32)34-24(3,4)5;7-4-1-2-5(8)6(9)3-4/h12-13,16-18H,6-11,14-15H2,1-5H3,(H,27,32);1-3H. The third kappa shape index (κ3) is 9.71. The first kappa shape index (κ1) is 32.8. The maximum absolute atomic E-state index is 12.0. The maximum Gasteiger partial charge on any atom is 0.407 e. The van der Waals surface area contributed by atoms with Crippen molar-refractivity contribution in [2.45, 2.75) is 71.4 Å². The lowest BCUT2D eigenvalue weighted by Crippen LogP contribution is -2.40. The molecule has 0 spiro atoms. The van der Waals surface area contributed by atoms with Crippen molar-refractivity contribution >= 4 is 18.1 Å². The van der Waals surface area contributed by atoms with Crippen molar-refractivity contribution in [1.29, 1.82) is 0 Å². The monoisotopic (exact) mass is 619 g/mol. The Hall–Kier alpha value is -4.10. The summed E-state index contributed by atoms with van der Waals surface area (Å²) in [5.41, 5.74) is -0.510. The van der Waals surface area contributed by atoms with Crippen LogP contribution in [0.5, 0.6) is 5.75 Å². The third-order valence-electron chi connectivity index (χ3n) is 7.01. The fraction of sp³-hybridized carbons (Fsp3) is 0.567. The normalized spacial score (nSPS) is 17.3. The van der Waals surface area contributed by atoms with Gasteiger partial charge in [0.2, 0.25) is 5.95 Å². The second kappa shape index (κ2) is 14.6. The zero-order chi connectivity index (χ0) is 31.9. The fourth-order valence-electron chi connectivity index (χ4n) is 4.65. The lowest BCUT2D eigenvalue weighted by atomic mass is 9.98. The Morgan fingerprint density at radius 1 is 1.05 bits per heavy atom. The molecule has 5 rings (SSSR count).